The largest absolute Gasteiger partial charge is 0.390 e. The number of benzene rings is 1. The van der Waals surface area contributed by atoms with Crippen molar-refractivity contribution in [2.75, 3.05) is 5.32 Å². The Bertz CT molecular complexity index is 1240. The fourth-order valence-electron chi connectivity index (χ4n) is 2.99. The first kappa shape index (κ1) is 20.9. The van der Waals surface area contributed by atoms with Gasteiger partial charge in [0, 0.05) is 11.9 Å². The Hall–Kier alpha value is -3.31. The number of amides is 1. The smallest absolute Gasteiger partial charge is 0.358 e. The lowest BCUT2D eigenvalue weighted by Crippen LogP contribution is -2.10. The van der Waals surface area contributed by atoms with Crippen LogP contribution in [0.5, 0.6) is 0 Å². The van der Waals surface area contributed by atoms with Crippen molar-refractivity contribution >= 4 is 44.7 Å². The summed E-state index contributed by atoms with van der Waals surface area (Å²) in [5.74, 6) is -0.391. The van der Waals surface area contributed by atoms with Crippen LogP contribution in [0.25, 0.3) is 0 Å². The van der Waals surface area contributed by atoms with Gasteiger partial charge in [-0.2, -0.15) is 9.78 Å². The molecule has 0 saturated carbocycles. The molecule has 3 aromatic heterocycles. The van der Waals surface area contributed by atoms with Gasteiger partial charge in [-0.15, -0.1) is 11.3 Å². The van der Waals surface area contributed by atoms with E-state index in [4.69, 9.17) is 0 Å². The standard InChI is InChI=1S/C20H17BrN6O3S/c1-13-6-19(27(29)30)24-26(13)10-15-7-18(31-12-15)20(28)23-17-4-2-14(3-5-17)9-25-11-16(21)8-22-25/h2-8,11-12H,9-10H2,1H3,(H,23,28). The highest BCUT2D eigenvalue weighted by molar-refractivity contribution is 9.10. The molecule has 1 N–H and O–H groups in total. The highest BCUT2D eigenvalue weighted by Gasteiger charge is 2.17. The minimum absolute atomic E-state index is 0.186. The van der Waals surface area contributed by atoms with Gasteiger partial charge in [-0.1, -0.05) is 12.1 Å². The van der Waals surface area contributed by atoms with Crippen LogP contribution >= 0.6 is 27.3 Å². The third-order valence-corrected chi connectivity index (χ3v) is 5.91. The quantitative estimate of drug-likeness (QED) is 0.297. The number of rotatable bonds is 7. The van der Waals surface area contributed by atoms with Crippen LogP contribution < -0.4 is 5.32 Å². The Morgan fingerprint density at radius 2 is 2.00 bits per heavy atom. The summed E-state index contributed by atoms with van der Waals surface area (Å²) in [6.07, 6.45) is 3.63. The van der Waals surface area contributed by atoms with E-state index in [1.54, 1.807) is 23.9 Å². The molecule has 31 heavy (non-hydrogen) atoms. The third kappa shape index (κ3) is 5.06. The number of carbonyl (C=O) groups excluding carboxylic acids is 1. The zero-order valence-corrected chi connectivity index (χ0v) is 18.8. The summed E-state index contributed by atoms with van der Waals surface area (Å²) in [6, 6.07) is 10.8. The minimum atomic E-state index is -0.519. The number of hydrogen-bond acceptors (Lipinski definition) is 6. The molecule has 0 atom stereocenters. The Balaban J connectivity index is 1.38. The van der Waals surface area contributed by atoms with Gasteiger partial charge in [0.15, 0.2) is 0 Å². The van der Waals surface area contributed by atoms with E-state index >= 15 is 0 Å². The Labute approximate surface area is 189 Å². The van der Waals surface area contributed by atoms with Crippen molar-refractivity contribution in [1.29, 1.82) is 0 Å². The molecule has 9 nitrogen and oxygen atoms in total. The minimum Gasteiger partial charge on any atom is -0.358 e. The van der Waals surface area contributed by atoms with E-state index in [1.807, 2.05) is 40.5 Å². The molecule has 1 aromatic carbocycles. The lowest BCUT2D eigenvalue weighted by molar-refractivity contribution is -0.389. The van der Waals surface area contributed by atoms with Gasteiger partial charge in [0.05, 0.1) is 45.5 Å². The van der Waals surface area contributed by atoms with Crippen LogP contribution in [0.4, 0.5) is 11.5 Å². The van der Waals surface area contributed by atoms with Crippen LogP contribution in [-0.2, 0) is 13.1 Å². The van der Waals surface area contributed by atoms with E-state index in [-0.39, 0.29) is 11.7 Å². The molecule has 4 aromatic rings. The summed E-state index contributed by atoms with van der Waals surface area (Å²) in [6.45, 7) is 2.76. The second kappa shape index (κ2) is 8.82. The van der Waals surface area contributed by atoms with E-state index in [2.05, 4.69) is 31.4 Å². The summed E-state index contributed by atoms with van der Waals surface area (Å²) < 4.78 is 4.30. The molecule has 0 radical (unpaired) electrons. The van der Waals surface area contributed by atoms with Gasteiger partial charge in [-0.05, 0) is 62.5 Å². The van der Waals surface area contributed by atoms with Crippen LogP contribution in [0, 0.1) is 17.0 Å². The second-order valence-corrected chi connectivity index (χ2v) is 8.71. The van der Waals surface area contributed by atoms with Gasteiger partial charge in [0.2, 0.25) is 0 Å². The van der Waals surface area contributed by atoms with Crippen molar-refractivity contribution in [1.82, 2.24) is 19.6 Å². The molecule has 0 saturated heterocycles. The highest BCUT2D eigenvalue weighted by Crippen LogP contribution is 2.20. The molecule has 0 aliphatic rings. The molecule has 0 aliphatic heterocycles. The van der Waals surface area contributed by atoms with Crippen molar-refractivity contribution in [3.05, 3.63) is 90.5 Å². The molecule has 0 spiro atoms. The zero-order valence-electron chi connectivity index (χ0n) is 16.4. The summed E-state index contributed by atoms with van der Waals surface area (Å²) >= 11 is 4.69. The molecule has 158 valence electrons. The van der Waals surface area contributed by atoms with Crippen molar-refractivity contribution in [3.8, 4) is 0 Å². The molecule has 0 unspecified atom stereocenters. The van der Waals surface area contributed by atoms with E-state index < -0.39 is 4.92 Å². The first-order valence-corrected chi connectivity index (χ1v) is 10.9. The number of halogens is 1. The monoisotopic (exact) mass is 500 g/mol. The maximum absolute atomic E-state index is 12.6. The number of nitro groups is 1. The molecule has 1 amide bonds. The molecular formula is C20H17BrN6O3S. The van der Waals surface area contributed by atoms with Gasteiger partial charge in [-0.3, -0.25) is 9.48 Å². The SMILES string of the molecule is Cc1cc([N+](=O)[O-])nn1Cc1csc(C(=O)Nc2ccc(Cn3cc(Br)cn3)cc2)c1. The van der Waals surface area contributed by atoms with Crippen molar-refractivity contribution in [2.24, 2.45) is 0 Å². The summed E-state index contributed by atoms with van der Waals surface area (Å²) in [7, 11) is 0. The molecule has 4 rings (SSSR count). The predicted molar refractivity (Wildman–Crippen MR) is 120 cm³/mol. The number of hydrogen-bond donors (Lipinski definition) is 1. The maximum Gasteiger partial charge on any atom is 0.390 e. The third-order valence-electron chi connectivity index (χ3n) is 4.52. The van der Waals surface area contributed by atoms with Gasteiger partial charge >= 0.3 is 5.82 Å². The Morgan fingerprint density at radius 3 is 2.65 bits per heavy atom. The van der Waals surface area contributed by atoms with Crippen LogP contribution in [0.15, 0.2) is 58.6 Å². The maximum atomic E-state index is 12.6. The normalized spacial score (nSPS) is 10.9. The van der Waals surface area contributed by atoms with Gasteiger partial charge < -0.3 is 15.4 Å². The predicted octanol–water partition coefficient (Wildman–Crippen LogP) is 4.47. The Morgan fingerprint density at radius 1 is 1.23 bits per heavy atom. The van der Waals surface area contributed by atoms with E-state index in [1.165, 1.54) is 17.4 Å². The summed E-state index contributed by atoms with van der Waals surface area (Å²) in [5.41, 5.74) is 3.31. The molecule has 0 bridgehead atoms. The number of aromatic nitrogens is 4. The molecule has 11 heteroatoms. The van der Waals surface area contributed by atoms with Crippen molar-refractivity contribution in [2.45, 2.75) is 20.0 Å². The van der Waals surface area contributed by atoms with Gasteiger partial charge in [0.1, 0.15) is 0 Å². The summed E-state index contributed by atoms with van der Waals surface area (Å²) in [5, 5.41) is 23.8. The fraction of sp³-hybridized carbons (Fsp3) is 0.150. The average Bonchev–Trinajstić information content (AvgIpc) is 3.45. The van der Waals surface area contributed by atoms with Crippen LogP contribution in [0.2, 0.25) is 0 Å². The lowest BCUT2D eigenvalue weighted by atomic mass is 10.2. The number of thiophene rings is 1. The first-order valence-electron chi connectivity index (χ1n) is 9.22. The number of nitrogens with one attached hydrogen (secondary N) is 1. The molecule has 0 fully saturated rings. The Kier molecular flexibility index (Phi) is 5.96. The topological polar surface area (TPSA) is 108 Å². The van der Waals surface area contributed by atoms with E-state index in [0.717, 1.165) is 15.6 Å². The van der Waals surface area contributed by atoms with Crippen molar-refractivity contribution < 1.29 is 9.72 Å². The summed E-state index contributed by atoms with van der Waals surface area (Å²) in [4.78, 5) is 23.5. The van der Waals surface area contributed by atoms with Gasteiger partial charge in [0.25, 0.3) is 5.91 Å². The van der Waals surface area contributed by atoms with E-state index in [0.29, 0.717) is 29.3 Å². The molecule has 3 heterocycles. The lowest BCUT2D eigenvalue weighted by Gasteiger charge is -2.06. The average molecular weight is 501 g/mol. The van der Waals surface area contributed by atoms with Crippen LogP contribution in [0.1, 0.15) is 26.5 Å². The number of aryl methyl sites for hydroxylation is 1. The zero-order chi connectivity index (χ0) is 22.0. The number of nitrogens with zero attached hydrogens (tertiary/aromatic N) is 5. The van der Waals surface area contributed by atoms with Gasteiger partial charge in [-0.25, -0.2) is 0 Å². The van der Waals surface area contributed by atoms with E-state index in [9.17, 15) is 14.9 Å². The second-order valence-electron chi connectivity index (χ2n) is 6.89. The van der Waals surface area contributed by atoms with Crippen LogP contribution in [0.3, 0.4) is 0 Å². The van der Waals surface area contributed by atoms with Crippen molar-refractivity contribution in [3.63, 3.8) is 0 Å². The first-order chi connectivity index (χ1) is 14.9. The van der Waals surface area contributed by atoms with Crippen LogP contribution in [-0.4, -0.2) is 30.4 Å². The fourth-order valence-corrected chi connectivity index (χ4v) is 4.12. The molecular weight excluding hydrogens is 484 g/mol. The number of anilines is 1. The highest BCUT2D eigenvalue weighted by atomic mass is 79.9. The number of carbonyl (C=O) groups is 1. The molecule has 0 aliphatic carbocycles.